The van der Waals surface area contributed by atoms with Gasteiger partial charge in [0, 0.05) is 18.8 Å². The van der Waals surface area contributed by atoms with Crippen molar-refractivity contribution < 1.29 is 28.6 Å². The summed E-state index contributed by atoms with van der Waals surface area (Å²) in [5.74, 6) is -1.27. The van der Waals surface area contributed by atoms with Crippen LogP contribution in [0.4, 0.5) is 11.4 Å². The van der Waals surface area contributed by atoms with E-state index in [9.17, 15) is 14.4 Å². The Morgan fingerprint density at radius 2 is 1.70 bits per heavy atom. The molecule has 0 bridgehead atoms. The van der Waals surface area contributed by atoms with Crippen molar-refractivity contribution in [1.29, 1.82) is 0 Å². The molecule has 8 nitrogen and oxygen atoms in total. The van der Waals surface area contributed by atoms with E-state index in [0.29, 0.717) is 17.1 Å². The standard InChI is InChI=1S/C19H20N2O6/c1-12(22)20-13-8-9-16(25-2)15(11-13)21-10-6-5-7-14(18(23)26-3)17(21)19(24)27-4/h5-11H,1-4H3,(H,20,22). The lowest BCUT2D eigenvalue weighted by atomic mass is 10.1. The predicted octanol–water partition coefficient (Wildman–Crippen LogP) is 2.14. The van der Waals surface area contributed by atoms with Crippen LogP contribution in [0.5, 0.6) is 5.75 Å². The Morgan fingerprint density at radius 3 is 2.30 bits per heavy atom. The molecule has 0 saturated heterocycles. The van der Waals surface area contributed by atoms with Crippen molar-refractivity contribution in [3.8, 4) is 5.75 Å². The molecule has 2 rings (SSSR count). The average Bonchev–Trinajstić information content (AvgIpc) is 2.89. The van der Waals surface area contributed by atoms with Gasteiger partial charge in [-0.25, -0.2) is 9.59 Å². The Hall–Kier alpha value is -3.55. The molecule has 27 heavy (non-hydrogen) atoms. The van der Waals surface area contributed by atoms with Gasteiger partial charge in [-0.1, -0.05) is 6.08 Å². The van der Waals surface area contributed by atoms with Crippen molar-refractivity contribution in [2.45, 2.75) is 6.92 Å². The highest BCUT2D eigenvalue weighted by Gasteiger charge is 2.29. The van der Waals surface area contributed by atoms with Crippen LogP contribution in [0.3, 0.4) is 0 Å². The van der Waals surface area contributed by atoms with E-state index in [4.69, 9.17) is 14.2 Å². The Bertz CT molecular complexity index is 854. The average molecular weight is 372 g/mol. The normalized spacial score (nSPS) is 13.1. The molecule has 0 atom stereocenters. The first kappa shape index (κ1) is 19.8. The summed E-state index contributed by atoms with van der Waals surface area (Å²) in [6.45, 7) is 1.38. The zero-order valence-electron chi connectivity index (χ0n) is 15.4. The highest BCUT2D eigenvalue weighted by molar-refractivity contribution is 6.06. The van der Waals surface area contributed by atoms with Gasteiger partial charge in [-0.15, -0.1) is 0 Å². The van der Waals surface area contributed by atoms with E-state index >= 15 is 0 Å². The van der Waals surface area contributed by atoms with Crippen molar-refractivity contribution in [2.24, 2.45) is 0 Å². The quantitative estimate of drug-likeness (QED) is 0.792. The fourth-order valence-electron chi connectivity index (χ4n) is 2.51. The number of benzene rings is 1. The minimum Gasteiger partial charge on any atom is -0.495 e. The smallest absolute Gasteiger partial charge is 0.355 e. The molecule has 142 valence electrons. The summed E-state index contributed by atoms with van der Waals surface area (Å²) in [4.78, 5) is 37.5. The van der Waals surface area contributed by atoms with Gasteiger partial charge in [0.1, 0.15) is 11.4 Å². The van der Waals surface area contributed by atoms with Crippen LogP contribution in [0.15, 0.2) is 53.9 Å². The molecule has 1 aromatic carbocycles. The summed E-state index contributed by atoms with van der Waals surface area (Å²) in [6.07, 6.45) is 6.27. The molecule has 1 amide bonds. The van der Waals surface area contributed by atoms with Crippen LogP contribution in [0.25, 0.3) is 0 Å². The molecule has 1 aliphatic rings. The van der Waals surface area contributed by atoms with Gasteiger partial charge in [0.15, 0.2) is 0 Å². The topological polar surface area (TPSA) is 94.2 Å². The van der Waals surface area contributed by atoms with Gasteiger partial charge in [0.2, 0.25) is 5.91 Å². The van der Waals surface area contributed by atoms with E-state index in [1.165, 1.54) is 39.2 Å². The monoisotopic (exact) mass is 372 g/mol. The Morgan fingerprint density at radius 1 is 1.00 bits per heavy atom. The van der Waals surface area contributed by atoms with Gasteiger partial charge in [-0.2, -0.15) is 0 Å². The number of carbonyl (C=O) groups is 3. The van der Waals surface area contributed by atoms with E-state index in [1.807, 2.05) is 0 Å². The first-order valence-corrected chi connectivity index (χ1v) is 7.93. The van der Waals surface area contributed by atoms with Gasteiger partial charge < -0.3 is 24.4 Å². The van der Waals surface area contributed by atoms with Gasteiger partial charge in [0.05, 0.1) is 32.6 Å². The van der Waals surface area contributed by atoms with Crippen LogP contribution >= 0.6 is 0 Å². The highest BCUT2D eigenvalue weighted by Crippen LogP contribution is 2.36. The van der Waals surface area contributed by atoms with Crippen LogP contribution in [0.2, 0.25) is 0 Å². The number of amides is 1. The molecule has 1 N–H and O–H groups in total. The van der Waals surface area contributed by atoms with E-state index in [-0.39, 0.29) is 17.2 Å². The number of hydrogen-bond acceptors (Lipinski definition) is 7. The largest absolute Gasteiger partial charge is 0.495 e. The van der Waals surface area contributed by atoms with Gasteiger partial charge in [-0.05, 0) is 30.4 Å². The summed E-state index contributed by atoms with van der Waals surface area (Å²) in [7, 11) is 3.91. The SMILES string of the molecule is COC(=O)C1=C(C(=O)OC)N(c2cc(NC(C)=O)ccc2OC)C=CC=C1. The van der Waals surface area contributed by atoms with Crippen LogP contribution in [-0.4, -0.2) is 39.2 Å². The number of nitrogens with zero attached hydrogens (tertiary/aromatic N) is 1. The van der Waals surface area contributed by atoms with Crippen molar-refractivity contribution >= 4 is 29.2 Å². The van der Waals surface area contributed by atoms with Crippen LogP contribution in [0, 0.1) is 0 Å². The zero-order chi connectivity index (χ0) is 20.0. The lowest BCUT2D eigenvalue weighted by molar-refractivity contribution is -0.139. The van der Waals surface area contributed by atoms with Crippen molar-refractivity contribution in [1.82, 2.24) is 0 Å². The maximum Gasteiger partial charge on any atom is 0.355 e. The summed E-state index contributed by atoms with van der Waals surface area (Å²) < 4.78 is 15.0. The van der Waals surface area contributed by atoms with Crippen molar-refractivity contribution in [3.05, 3.63) is 53.9 Å². The molecule has 0 radical (unpaired) electrons. The van der Waals surface area contributed by atoms with Crippen LogP contribution in [-0.2, 0) is 23.9 Å². The van der Waals surface area contributed by atoms with E-state index in [2.05, 4.69) is 5.32 Å². The maximum absolute atomic E-state index is 12.5. The first-order valence-electron chi connectivity index (χ1n) is 7.93. The fourth-order valence-corrected chi connectivity index (χ4v) is 2.51. The second-order valence-electron chi connectivity index (χ2n) is 5.38. The minimum atomic E-state index is -0.737. The number of nitrogens with one attached hydrogen (secondary N) is 1. The Labute approximate surface area is 156 Å². The zero-order valence-corrected chi connectivity index (χ0v) is 15.4. The number of rotatable bonds is 5. The number of ether oxygens (including phenoxy) is 3. The molecule has 1 aromatic rings. The van der Waals surface area contributed by atoms with Gasteiger partial charge in [0.25, 0.3) is 0 Å². The van der Waals surface area contributed by atoms with E-state index < -0.39 is 11.9 Å². The third-order valence-electron chi connectivity index (χ3n) is 3.65. The lowest BCUT2D eigenvalue weighted by Crippen LogP contribution is -2.27. The minimum absolute atomic E-state index is 0.0151. The second-order valence-corrected chi connectivity index (χ2v) is 5.38. The molecule has 8 heteroatoms. The summed E-state index contributed by atoms with van der Waals surface area (Å²) in [5, 5.41) is 2.67. The molecule has 0 fully saturated rings. The highest BCUT2D eigenvalue weighted by atomic mass is 16.5. The molecule has 0 saturated carbocycles. The molecule has 0 aromatic heterocycles. The van der Waals surface area contributed by atoms with E-state index in [0.717, 1.165) is 0 Å². The Kier molecular flexibility index (Phi) is 6.37. The second kappa shape index (κ2) is 8.70. The summed E-state index contributed by atoms with van der Waals surface area (Å²) in [6, 6.07) is 4.92. The number of hydrogen-bond donors (Lipinski definition) is 1. The molecule has 1 aliphatic heterocycles. The number of allylic oxidation sites excluding steroid dienone is 2. The molecule has 1 heterocycles. The molecule has 0 unspecified atom stereocenters. The first-order chi connectivity index (χ1) is 12.9. The number of carbonyl (C=O) groups excluding carboxylic acids is 3. The number of esters is 2. The predicted molar refractivity (Wildman–Crippen MR) is 99.1 cm³/mol. The summed E-state index contributed by atoms with van der Waals surface area (Å²) >= 11 is 0. The number of anilines is 2. The third kappa shape index (κ3) is 4.35. The summed E-state index contributed by atoms with van der Waals surface area (Å²) in [5.41, 5.74) is 0.882. The number of methoxy groups -OCH3 is 3. The van der Waals surface area contributed by atoms with Crippen LogP contribution in [0.1, 0.15) is 6.92 Å². The van der Waals surface area contributed by atoms with Crippen LogP contribution < -0.4 is 15.0 Å². The van der Waals surface area contributed by atoms with Gasteiger partial charge >= 0.3 is 11.9 Å². The fraction of sp³-hybridized carbons (Fsp3) is 0.211. The lowest BCUT2D eigenvalue weighted by Gasteiger charge is -2.25. The molecule has 0 aliphatic carbocycles. The third-order valence-corrected chi connectivity index (χ3v) is 3.65. The van der Waals surface area contributed by atoms with Gasteiger partial charge in [-0.3, -0.25) is 4.79 Å². The van der Waals surface area contributed by atoms with Crippen molar-refractivity contribution in [2.75, 3.05) is 31.5 Å². The molecular formula is C19H20N2O6. The maximum atomic E-state index is 12.5. The molecule has 0 spiro atoms. The van der Waals surface area contributed by atoms with E-state index in [1.54, 1.807) is 36.6 Å². The van der Waals surface area contributed by atoms with Crippen molar-refractivity contribution in [3.63, 3.8) is 0 Å². The molecular weight excluding hydrogens is 352 g/mol. The Balaban J connectivity index is 2.71.